The van der Waals surface area contributed by atoms with Gasteiger partial charge in [0.05, 0.1) is 6.54 Å². The second kappa shape index (κ2) is 5.88. The van der Waals surface area contributed by atoms with Crippen LogP contribution in [0, 0.1) is 6.92 Å². The number of benzene rings is 1. The quantitative estimate of drug-likeness (QED) is 0.873. The van der Waals surface area contributed by atoms with Crippen molar-refractivity contribution in [2.45, 2.75) is 13.5 Å². The van der Waals surface area contributed by atoms with Crippen LogP contribution >= 0.6 is 15.9 Å². The number of rotatable bonds is 4. The van der Waals surface area contributed by atoms with E-state index in [1.807, 2.05) is 19.1 Å². The fourth-order valence-corrected chi connectivity index (χ4v) is 1.47. The maximum absolute atomic E-state index is 10.9. The van der Waals surface area contributed by atoms with Gasteiger partial charge < -0.3 is 10.6 Å². The summed E-state index contributed by atoms with van der Waals surface area (Å²) in [7, 11) is 1.63. The molecule has 15 heavy (non-hydrogen) atoms. The Balaban J connectivity index is 2.44. The second-order valence-corrected chi connectivity index (χ2v) is 4.21. The first-order valence-corrected chi connectivity index (χ1v) is 5.59. The van der Waals surface area contributed by atoms with Crippen LogP contribution in [0.25, 0.3) is 0 Å². The van der Waals surface area contributed by atoms with Crippen LogP contribution in [0.5, 0.6) is 0 Å². The van der Waals surface area contributed by atoms with Crippen molar-refractivity contribution in [1.82, 2.24) is 10.6 Å². The van der Waals surface area contributed by atoms with Gasteiger partial charge in [-0.05, 0) is 24.1 Å². The number of carbonyl (C=O) groups excluding carboxylic acids is 1. The number of likely N-dealkylation sites (N-methyl/N-ethyl adjacent to an activating group) is 1. The van der Waals surface area contributed by atoms with Gasteiger partial charge in [0.25, 0.3) is 0 Å². The predicted octanol–water partition coefficient (Wildman–Crippen LogP) is 1.59. The average molecular weight is 271 g/mol. The smallest absolute Gasteiger partial charge is 0.233 e. The van der Waals surface area contributed by atoms with Gasteiger partial charge in [-0.2, -0.15) is 0 Å². The molecule has 0 spiro atoms. The van der Waals surface area contributed by atoms with Gasteiger partial charge in [-0.1, -0.05) is 28.1 Å². The third kappa shape index (κ3) is 4.01. The Hall–Kier alpha value is -0.870. The Labute approximate surface area is 98.4 Å². The highest BCUT2D eigenvalue weighted by Crippen LogP contribution is 2.16. The Morgan fingerprint density at radius 1 is 1.47 bits per heavy atom. The fraction of sp³-hybridized carbons (Fsp3) is 0.364. The lowest BCUT2D eigenvalue weighted by Gasteiger charge is -2.06. The minimum absolute atomic E-state index is 0.00355. The van der Waals surface area contributed by atoms with E-state index in [0.717, 1.165) is 4.47 Å². The molecule has 2 N–H and O–H groups in total. The third-order valence-electron chi connectivity index (χ3n) is 2.12. The molecule has 82 valence electrons. The van der Waals surface area contributed by atoms with E-state index in [2.05, 4.69) is 32.6 Å². The SMILES string of the molecule is CNC(=O)CNCc1ccc(Br)c(C)c1. The topological polar surface area (TPSA) is 41.1 Å². The molecule has 0 saturated carbocycles. The number of nitrogens with one attached hydrogen (secondary N) is 2. The molecule has 0 unspecified atom stereocenters. The van der Waals surface area contributed by atoms with Crippen LogP contribution in [0.1, 0.15) is 11.1 Å². The number of amides is 1. The maximum atomic E-state index is 10.9. The zero-order chi connectivity index (χ0) is 11.3. The van der Waals surface area contributed by atoms with Crippen molar-refractivity contribution in [2.75, 3.05) is 13.6 Å². The molecule has 4 heteroatoms. The van der Waals surface area contributed by atoms with Crippen LogP contribution in [0.2, 0.25) is 0 Å². The van der Waals surface area contributed by atoms with Gasteiger partial charge in [0.2, 0.25) is 5.91 Å². The lowest BCUT2D eigenvalue weighted by atomic mass is 10.1. The van der Waals surface area contributed by atoms with Gasteiger partial charge in [0.1, 0.15) is 0 Å². The van der Waals surface area contributed by atoms with E-state index in [-0.39, 0.29) is 5.91 Å². The summed E-state index contributed by atoms with van der Waals surface area (Å²) in [5, 5.41) is 5.63. The van der Waals surface area contributed by atoms with Crippen LogP contribution in [-0.4, -0.2) is 19.5 Å². The van der Waals surface area contributed by atoms with Crippen LogP contribution in [-0.2, 0) is 11.3 Å². The number of halogens is 1. The van der Waals surface area contributed by atoms with Crippen LogP contribution in [0.3, 0.4) is 0 Å². The molecule has 0 bridgehead atoms. The van der Waals surface area contributed by atoms with Crippen molar-refractivity contribution in [1.29, 1.82) is 0 Å². The lowest BCUT2D eigenvalue weighted by molar-refractivity contribution is -0.119. The van der Waals surface area contributed by atoms with Crippen molar-refractivity contribution in [2.24, 2.45) is 0 Å². The highest BCUT2D eigenvalue weighted by Gasteiger charge is 1.99. The highest BCUT2D eigenvalue weighted by atomic mass is 79.9. The number of hydrogen-bond acceptors (Lipinski definition) is 2. The molecule has 0 saturated heterocycles. The van der Waals surface area contributed by atoms with Crippen molar-refractivity contribution in [3.8, 4) is 0 Å². The number of aryl methyl sites for hydroxylation is 1. The molecule has 0 aliphatic rings. The first kappa shape index (κ1) is 12.2. The minimum Gasteiger partial charge on any atom is -0.358 e. The first-order chi connectivity index (χ1) is 7.13. The van der Waals surface area contributed by atoms with E-state index < -0.39 is 0 Å². The van der Waals surface area contributed by atoms with E-state index in [1.54, 1.807) is 7.05 Å². The summed E-state index contributed by atoms with van der Waals surface area (Å²) < 4.78 is 1.11. The van der Waals surface area contributed by atoms with E-state index >= 15 is 0 Å². The summed E-state index contributed by atoms with van der Waals surface area (Å²) in [6, 6.07) is 6.15. The van der Waals surface area contributed by atoms with Gasteiger partial charge in [-0.15, -0.1) is 0 Å². The number of hydrogen-bond donors (Lipinski definition) is 2. The zero-order valence-corrected chi connectivity index (χ0v) is 10.5. The van der Waals surface area contributed by atoms with Gasteiger partial charge in [-0.3, -0.25) is 4.79 Å². The van der Waals surface area contributed by atoms with Crippen LogP contribution in [0.15, 0.2) is 22.7 Å². The van der Waals surface area contributed by atoms with E-state index in [9.17, 15) is 4.79 Å². The van der Waals surface area contributed by atoms with E-state index in [0.29, 0.717) is 13.1 Å². The van der Waals surface area contributed by atoms with Gasteiger partial charge >= 0.3 is 0 Å². The summed E-state index contributed by atoms with van der Waals surface area (Å²) in [4.78, 5) is 10.9. The minimum atomic E-state index is 0.00355. The standard InChI is InChI=1S/C11H15BrN2O/c1-8-5-9(3-4-10(8)12)6-14-7-11(15)13-2/h3-5,14H,6-7H2,1-2H3,(H,13,15). The van der Waals surface area contributed by atoms with Crippen LogP contribution in [0.4, 0.5) is 0 Å². The zero-order valence-electron chi connectivity index (χ0n) is 8.93. The fourth-order valence-electron chi connectivity index (χ4n) is 1.23. The molecular formula is C11H15BrN2O. The number of carbonyl (C=O) groups is 1. The Morgan fingerprint density at radius 3 is 2.80 bits per heavy atom. The molecule has 0 radical (unpaired) electrons. The van der Waals surface area contributed by atoms with Gasteiger partial charge in [0, 0.05) is 18.1 Å². The van der Waals surface area contributed by atoms with E-state index in [1.165, 1.54) is 11.1 Å². The molecule has 0 aliphatic carbocycles. The molecule has 0 heterocycles. The van der Waals surface area contributed by atoms with Crippen molar-refractivity contribution in [3.63, 3.8) is 0 Å². The highest BCUT2D eigenvalue weighted by molar-refractivity contribution is 9.10. The summed E-state index contributed by atoms with van der Waals surface area (Å²) in [5.74, 6) is 0.00355. The summed E-state index contributed by atoms with van der Waals surface area (Å²) >= 11 is 3.45. The summed E-state index contributed by atoms with van der Waals surface area (Å²) in [6.45, 7) is 3.11. The Morgan fingerprint density at radius 2 is 2.20 bits per heavy atom. The molecular weight excluding hydrogens is 256 g/mol. The molecule has 3 nitrogen and oxygen atoms in total. The predicted molar refractivity (Wildman–Crippen MR) is 64.7 cm³/mol. The van der Waals surface area contributed by atoms with Crippen molar-refractivity contribution in [3.05, 3.63) is 33.8 Å². The molecule has 0 aliphatic heterocycles. The normalized spacial score (nSPS) is 10.1. The lowest BCUT2D eigenvalue weighted by Crippen LogP contribution is -2.30. The molecule has 1 aromatic carbocycles. The maximum Gasteiger partial charge on any atom is 0.233 e. The van der Waals surface area contributed by atoms with Crippen LogP contribution < -0.4 is 10.6 Å². The molecule has 0 aromatic heterocycles. The largest absolute Gasteiger partial charge is 0.358 e. The summed E-state index contributed by atoms with van der Waals surface area (Å²) in [6.07, 6.45) is 0. The third-order valence-corrected chi connectivity index (χ3v) is 3.01. The summed E-state index contributed by atoms with van der Waals surface area (Å²) in [5.41, 5.74) is 2.38. The Kier molecular flexibility index (Phi) is 4.78. The first-order valence-electron chi connectivity index (χ1n) is 4.80. The molecule has 1 amide bonds. The van der Waals surface area contributed by atoms with Crippen molar-refractivity contribution >= 4 is 21.8 Å². The Bertz CT molecular complexity index is 352. The molecule has 0 atom stereocenters. The van der Waals surface area contributed by atoms with Crippen molar-refractivity contribution < 1.29 is 4.79 Å². The molecule has 0 fully saturated rings. The average Bonchev–Trinajstić information content (AvgIpc) is 2.23. The van der Waals surface area contributed by atoms with Gasteiger partial charge in [-0.25, -0.2) is 0 Å². The van der Waals surface area contributed by atoms with Gasteiger partial charge in [0.15, 0.2) is 0 Å². The second-order valence-electron chi connectivity index (χ2n) is 3.36. The monoisotopic (exact) mass is 270 g/mol. The van der Waals surface area contributed by atoms with E-state index in [4.69, 9.17) is 0 Å². The molecule has 1 aromatic rings. The molecule has 1 rings (SSSR count).